The maximum atomic E-state index is 12.8. The number of esters is 3. The van der Waals surface area contributed by atoms with Gasteiger partial charge in [-0.15, -0.1) is 0 Å². The van der Waals surface area contributed by atoms with Crippen LogP contribution in [0, 0.1) is 0 Å². The van der Waals surface area contributed by atoms with E-state index in [4.69, 9.17) is 14.2 Å². The number of rotatable bonds is 57. The van der Waals surface area contributed by atoms with Crippen LogP contribution in [0.2, 0.25) is 0 Å². The van der Waals surface area contributed by atoms with Crippen molar-refractivity contribution in [3.05, 3.63) is 36.5 Å². The van der Waals surface area contributed by atoms with Gasteiger partial charge in [0.1, 0.15) is 13.2 Å². The predicted molar refractivity (Wildman–Crippen MR) is 302 cm³/mol. The van der Waals surface area contributed by atoms with Gasteiger partial charge in [-0.3, -0.25) is 14.4 Å². The van der Waals surface area contributed by atoms with Gasteiger partial charge in [-0.1, -0.05) is 276 Å². The SMILES string of the molecule is CCCCCCC/C=C\C/C=C\CCCCCCCCCCCCCCCCCC(=O)OCC(COC(=O)CCCCCCCCCCC)OC(=O)CCCCCCC/C=C\CCCCCCCCC. The Balaban J connectivity index is 4.14. The summed E-state index contributed by atoms with van der Waals surface area (Å²) in [5.74, 6) is -0.864. The van der Waals surface area contributed by atoms with Gasteiger partial charge in [0, 0.05) is 19.3 Å². The molecule has 0 bridgehead atoms. The van der Waals surface area contributed by atoms with Crippen LogP contribution in [0.1, 0.15) is 335 Å². The van der Waals surface area contributed by atoms with E-state index in [1.54, 1.807) is 0 Å². The number of carbonyl (C=O) groups excluding carboxylic acids is 3. The topological polar surface area (TPSA) is 78.9 Å². The van der Waals surface area contributed by atoms with E-state index in [-0.39, 0.29) is 31.1 Å². The van der Waals surface area contributed by atoms with Crippen LogP contribution in [-0.2, 0) is 28.6 Å². The first-order chi connectivity index (χ1) is 34.5. The van der Waals surface area contributed by atoms with Gasteiger partial charge in [0.05, 0.1) is 0 Å². The lowest BCUT2D eigenvalue weighted by Crippen LogP contribution is -2.30. The lowest BCUT2D eigenvalue weighted by atomic mass is 10.0. The fourth-order valence-electron chi connectivity index (χ4n) is 9.18. The van der Waals surface area contributed by atoms with Gasteiger partial charge in [0.15, 0.2) is 6.10 Å². The minimum Gasteiger partial charge on any atom is -0.462 e. The second-order valence-corrected chi connectivity index (χ2v) is 21.0. The molecule has 0 radical (unpaired) electrons. The number of unbranched alkanes of at least 4 members (excludes halogenated alkanes) is 40. The van der Waals surface area contributed by atoms with Crippen molar-refractivity contribution >= 4 is 17.9 Å². The Bertz CT molecular complexity index is 1170. The molecule has 0 saturated heterocycles. The standard InChI is InChI=1S/C64H118O6/c1-4-7-10-13-16-19-21-23-25-27-28-29-30-31-32-33-34-35-36-37-39-40-42-45-48-51-54-57-63(66)69-60-61(59-68-62(65)56-53-50-47-44-18-15-12-9-6-3)70-64(67)58-55-52-49-46-43-41-38-26-24-22-20-17-14-11-8-5-2/h21,23,26-28,38,61H,4-20,22,24-25,29-37,39-60H2,1-3H3/b23-21-,28-27-,38-26-. The average Bonchev–Trinajstić information content (AvgIpc) is 3.36. The fraction of sp³-hybridized carbons (Fsp3) is 0.859. The summed E-state index contributed by atoms with van der Waals surface area (Å²) in [6.07, 6.45) is 71.6. The summed E-state index contributed by atoms with van der Waals surface area (Å²) in [5.41, 5.74) is 0. The molecule has 0 rings (SSSR count). The highest BCUT2D eigenvalue weighted by Gasteiger charge is 2.19. The average molecular weight is 984 g/mol. The lowest BCUT2D eigenvalue weighted by Gasteiger charge is -2.18. The Kier molecular flexibility index (Phi) is 57.2. The molecule has 0 spiro atoms. The molecule has 0 aromatic rings. The van der Waals surface area contributed by atoms with E-state index >= 15 is 0 Å². The van der Waals surface area contributed by atoms with Crippen LogP contribution < -0.4 is 0 Å². The zero-order chi connectivity index (χ0) is 50.7. The van der Waals surface area contributed by atoms with Gasteiger partial charge in [-0.25, -0.2) is 0 Å². The number of allylic oxidation sites excluding steroid dienone is 6. The monoisotopic (exact) mass is 983 g/mol. The first kappa shape index (κ1) is 67.6. The summed E-state index contributed by atoms with van der Waals surface area (Å²) in [4.78, 5) is 38.1. The van der Waals surface area contributed by atoms with Crippen molar-refractivity contribution in [2.24, 2.45) is 0 Å². The maximum Gasteiger partial charge on any atom is 0.306 e. The van der Waals surface area contributed by atoms with Gasteiger partial charge in [0.2, 0.25) is 0 Å². The number of hydrogen-bond donors (Lipinski definition) is 0. The van der Waals surface area contributed by atoms with Crippen molar-refractivity contribution < 1.29 is 28.6 Å². The zero-order valence-electron chi connectivity index (χ0n) is 47.1. The van der Waals surface area contributed by atoms with E-state index in [0.29, 0.717) is 19.3 Å². The molecule has 0 fully saturated rings. The van der Waals surface area contributed by atoms with Crippen LogP contribution in [0.4, 0.5) is 0 Å². The van der Waals surface area contributed by atoms with Crippen molar-refractivity contribution in [3.63, 3.8) is 0 Å². The molecule has 0 aromatic heterocycles. The fourth-order valence-corrected chi connectivity index (χ4v) is 9.18. The van der Waals surface area contributed by atoms with Gasteiger partial charge >= 0.3 is 17.9 Å². The highest BCUT2D eigenvalue weighted by molar-refractivity contribution is 5.71. The van der Waals surface area contributed by atoms with Crippen molar-refractivity contribution in [2.45, 2.75) is 341 Å². The third-order valence-corrected chi connectivity index (χ3v) is 13.9. The Morgan fingerprint density at radius 1 is 0.286 bits per heavy atom. The van der Waals surface area contributed by atoms with Crippen LogP contribution in [0.3, 0.4) is 0 Å². The van der Waals surface area contributed by atoms with E-state index in [1.165, 1.54) is 225 Å². The Hall–Kier alpha value is -2.37. The third kappa shape index (κ3) is 56.5. The van der Waals surface area contributed by atoms with Gasteiger partial charge in [-0.05, 0) is 77.0 Å². The third-order valence-electron chi connectivity index (χ3n) is 13.9. The first-order valence-electron chi connectivity index (χ1n) is 31.0. The van der Waals surface area contributed by atoms with E-state index in [0.717, 1.165) is 70.6 Å². The van der Waals surface area contributed by atoms with E-state index < -0.39 is 6.10 Å². The van der Waals surface area contributed by atoms with E-state index in [2.05, 4.69) is 57.2 Å². The summed E-state index contributed by atoms with van der Waals surface area (Å²) in [6, 6.07) is 0. The Morgan fingerprint density at radius 3 is 0.800 bits per heavy atom. The molecule has 0 aliphatic heterocycles. The highest BCUT2D eigenvalue weighted by Crippen LogP contribution is 2.17. The first-order valence-corrected chi connectivity index (χ1v) is 31.0. The minimum atomic E-state index is -0.772. The second kappa shape index (κ2) is 59.2. The molecule has 0 aliphatic carbocycles. The molecular formula is C64H118O6. The van der Waals surface area contributed by atoms with E-state index in [9.17, 15) is 14.4 Å². The van der Waals surface area contributed by atoms with Crippen molar-refractivity contribution in [1.82, 2.24) is 0 Å². The number of hydrogen-bond acceptors (Lipinski definition) is 6. The molecule has 6 nitrogen and oxygen atoms in total. The molecule has 6 heteroatoms. The largest absolute Gasteiger partial charge is 0.462 e. The second-order valence-electron chi connectivity index (χ2n) is 21.0. The van der Waals surface area contributed by atoms with Crippen molar-refractivity contribution in [3.8, 4) is 0 Å². The minimum absolute atomic E-state index is 0.0714. The van der Waals surface area contributed by atoms with Crippen LogP contribution in [0.25, 0.3) is 0 Å². The molecule has 0 saturated carbocycles. The smallest absolute Gasteiger partial charge is 0.306 e. The predicted octanol–water partition coefficient (Wildman–Crippen LogP) is 20.8. The molecule has 0 heterocycles. The van der Waals surface area contributed by atoms with E-state index in [1.807, 2.05) is 0 Å². The normalized spacial score (nSPS) is 12.2. The summed E-state index contributed by atoms with van der Waals surface area (Å²) in [7, 11) is 0. The van der Waals surface area contributed by atoms with Gasteiger partial charge in [-0.2, -0.15) is 0 Å². The molecule has 0 amide bonds. The summed E-state index contributed by atoms with van der Waals surface area (Å²) in [6.45, 7) is 6.64. The van der Waals surface area contributed by atoms with Crippen molar-refractivity contribution in [1.29, 1.82) is 0 Å². The molecule has 0 N–H and O–H groups in total. The number of carbonyl (C=O) groups is 3. The van der Waals surface area contributed by atoms with Gasteiger partial charge < -0.3 is 14.2 Å². The summed E-state index contributed by atoms with van der Waals surface area (Å²) >= 11 is 0. The van der Waals surface area contributed by atoms with Crippen molar-refractivity contribution in [2.75, 3.05) is 13.2 Å². The molecular weight excluding hydrogens is 865 g/mol. The zero-order valence-corrected chi connectivity index (χ0v) is 47.1. The Morgan fingerprint density at radius 2 is 0.514 bits per heavy atom. The molecule has 0 aromatic carbocycles. The highest BCUT2D eigenvalue weighted by atomic mass is 16.6. The maximum absolute atomic E-state index is 12.8. The Labute approximate surface area is 435 Å². The molecule has 1 atom stereocenters. The molecule has 70 heavy (non-hydrogen) atoms. The van der Waals surface area contributed by atoms with Crippen LogP contribution in [-0.4, -0.2) is 37.2 Å². The molecule has 410 valence electrons. The molecule has 0 aliphatic rings. The van der Waals surface area contributed by atoms with Crippen LogP contribution in [0.15, 0.2) is 36.5 Å². The van der Waals surface area contributed by atoms with Crippen LogP contribution in [0.5, 0.6) is 0 Å². The lowest BCUT2D eigenvalue weighted by molar-refractivity contribution is -0.167. The summed E-state index contributed by atoms with van der Waals surface area (Å²) < 4.78 is 16.9. The summed E-state index contributed by atoms with van der Waals surface area (Å²) in [5, 5.41) is 0. The quantitative estimate of drug-likeness (QED) is 0.0261. The van der Waals surface area contributed by atoms with Gasteiger partial charge in [0.25, 0.3) is 0 Å². The number of ether oxygens (including phenoxy) is 3. The molecule has 1 unspecified atom stereocenters. The van der Waals surface area contributed by atoms with Crippen LogP contribution >= 0.6 is 0 Å².